The average molecular weight is 471 g/mol. The number of rotatable bonds is 9. The van der Waals surface area contributed by atoms with Crippen LogP contribution in [-0.4, -0.2) is 42.8 Å². The number of aliphatic hydroxyl groups is 1. The number of halogens is 2. The van der Waals surface area contributed by atoms with E-state index in [0.717, 1.165) is 23.7 Å². The van der Waals surface area contributed by atoms with Crippen LogP contribution in [0, 0.1) is 23.0 Å². The molecule has 0 spiro atoms. The molecule has 2 aromatic carbocycles. The first-order valence-electron chi connectivity index (χ1n) is 11.6. The summed E-state index contributed by atoms with van der Waals surface area (Å²) in [5, 5.41) is 26.2. The first-order valence-corrected chi connectivity index (χ1v) is 11.6. The number of anilines is 1. The highest BCUT2D eigenvalue weighted by Gasteiger charge is 2.28. The SMILES string of the molecule is CC(=O)N[C@@H](Cc1cc(F)cc(F)c1)[C@H](O)CN[C@H]1CCN(CC#N)c2ccc(C(C)C)cc21. The van der Waals surface area contributed by atoms with Gasteiger partial charge in [-0.1, -0.05) is 26.0 Å². The Kier molecular flexibility index (Phi) is 8.59. The zero-order valence-corrected chi connectivity index (χ0v) is 19.8. The predicted molar refractivity (Wildman–Crippen MR) is 127 cm³/mol. The van der Waals surface area contributed by atoms with Crippen LogP contribution in [0.2, 0.25) is 0 Å². The smallest absolute Gasteiger partial charge is 0.217 e. The number of carbonyl (C=O) groups is 1. The van der Waals surface area contributed by atoms with Crippen LogP contribution in [0.25, 0.3) is 0 Å². The van der Waals surface area contributed by atoms with Gasteiger partial charge in [0.05, 0.1) is 18.2 Å². The second-order valence-corrected chi connectivity index (χ2v) is 9.16. The lowest BCUT2D eigenvalue weighted by atomic mass is 9.91. The van der Waals surface area contributed by atoms with Gasteiger partial charge in [0.25, 0.3) is 0 Å². The van der Waals surface area contributed by atoms with Crippen molar-refractivity contribution >= 4 is 11.6 Å². The number of aliphatic hydroxyl groups excluding tert-OH is 1. The molecule has 0 saturated carbocycles. The molecule has 1 amide bonds. The van der Waals surface area contributed by atoms with Crippen molar-refractivity contribution in [3.8, 4) is 6.07 Å². The van der Waals surface area contributed by atoms with E-state index in [0.29, 0.717) is 24.6 Å². The maximum atomic E-state index is 13.6. The minimum Gasteiger partial charge on any atom is -0.390 e. The van der Waals surface area contributed by atoms with Gasteiger partial charge in [0.1, 0.15) is 18.2 Å². The second-order valence-electron chi connectivity index (χ2n) is 9.16. The van der Waals surface area contributed by atoms with Crippen molar-refractivity contribution in [3.63, 3.8) is 0 Å². The van der Waals surface area contributed by atoms with Gasteiger partial charge in [-0.05, 0) is 53.6 Å². The topological polar surface area (TPSA) is 88.4 Å². The van der Waals surface area contributed by atoms with Crippen molar-refractivity contribution < 1.29 is 18.7 Å². The van der Waals surface area contributed by atoms with Crippen LogP contribution in [0.15, 0.2) is 36.4 Å². The molecule has 6 nitrogen and oxygen atoms in total. The average Bonchev–Trinajstić information content (AvgIpc) is 2.76. The summed E-state index contributed by atoms with van der Waals surface area (Å²) < 4.78 is 27.2. The van der Waals surface area contributed by atoms with Crippen LogP contribution in [0.1, 0.15) is 55.8 Å². The fraction of sp³-hybridized carbons (Fsp3) is 0.462. The van der Waals surface area contributed by atoms with E-state index in [1.54, 1.807) is 0 Å². The van der Waals surface area contributed by atoms with E-state index in [2.05, 4.69) is 42.7 Å². The number of fused-ring (bicyclic) bond motifs is 1. The molecule has 2 aromatic rings. The standard InChI is InChI=1S/C26H32F2N4O2/c1-16(2)19-4-5-25-22(13-19)23(6-8-32(25)9-7-29)30-15-26(34)24(31-17(3)33)12-18-10-20(27)14-21(28)11-18/h4-5,10-11,13-14,16,23-24,26,30,34H,6,8-9,12,15H2,1-3H3,(H,31,33)/t23-,24-,26+/m0/s1. The molecule has 0 bridgehead atoms. The molecule has 34 heavy (non-hydrogen) atoms. The number of hydrogen-bond acceptors (Lipinski definition) is 5. The number of benzene rings is 2. The molecule has 1 aliphatic rings. The van der Waals surface area contributed by atoms with Crippen LogP contribution >= 0.6 is 0 Å². The number of nitrogens with zero attached hydrogens (tertiary/aromatic N) is 2. The molecule has 0 fully saturated rings. The summed E-state index contributed by atoms with van der Waals surface area (Å²) in [6.07, 6.45) is -0.140. The minimum absolute atomic E-state index is 0.0390. The Morgan fingerprint density at radius 2 is 1.94 bits per heavy atom. The third kappa shape index (κ3) is 6.52. The lowest BCUT2D eigenvalue weighted by Gasteiger charge is -2.36. The van der Waals surface area contributed by atoms with Gasteiger partial charge in [-0.2, -0.15) is 5.26 Å². The minimum atomic E-state index is -0.982. The van der Waals surface area contributed by atoms with E-state index in [1.165, 1.54) is 24.6 Å². The second kappa shape index (κ2) is 11.4. The summed E-state index contributed by atoms with van der Waals surface area (Å²) in [4.78, 5) is 13.8. The molecule has 0 saturated heterocycles. The Bertz CT molecular complexity index is 1030. The zero-order valence-electron chi connectivity index (χ0n) is 19.8. The number of carbonyl (C=O) groups excluding carboxylic acids is 1. The molecule has 182 valence electrons. The number of nitrogens with one attached hydrogen (secondary N) is 2. The zero-order chi connectivity index (χ0) is 24.8. The first kappa shape index (κ1) is 25.6. The molecule has 3 rings (SSSR count). The summed E-state index contributed by atoms with van der Waals surface area (Å²) in [5.41, 5.74) is 3.61. The molecule has 1 heterocycles. The number of amides is 1. The molecule has 1 aliphatic heterocycles. The maximum Gasteiger partial charge on any atom is 0.217 e. The fourth-order valence-corrected chi connectivity index (χ4v) is 4.45. The highest BCUT2D eigenvalue weighted by molar-refractivity contribution is 5.73. The Morgan fingerprint density at radius 3 is 2.56 bits per heavy atom. The summed E-state index contributed by atoms with van der Waals surface area (Å²) in [6, 6.07) is 10.9. The summed E-state index contributed by atoms with van der Waals surface area (Å²) >= 11 is 0. The quantitative estimate of drug-likeness (QED) is 0.488. The van der Waals surface area contributed by atoms with Crippen LogP contribution < -0.4 is 15.5 Å². The predicted octanol–water partition coefficient (Wildman–Crippen LogP) is 3.56. The normalized spacial score (nSPS) is 17.1. The van der Waals surface area contributed by atoms with Gasteiger partial charge in [-0.25, -0.2) is 8.78 Å². The monoisotopic (exact) mass is 470 g/mol. The third-order valence-corrected chi connectivity index (χ3v) is 6.19. The van der Waals surface area contributed by atoms with Crippen molar-refractivity contribution in [3.05, 3.63) is 64.7 Å². The van der Waals surface area contributed by atoms with Gasteiger partial charge in [-0.3, -0.25) is 4.79 Å². The van der Waals surface area contributed by atoms with Crippen molar-refractivity contribution in [2.45, 2.75) is 57.7 Å². The largest absolute Gasteiger partial charge is 0.390 e. The molecule has 0 aromatic heterocycles. The van der Waals surface area contributed by atoms with Gasteiger partial charge in [0, 0.05) is 37.8 Å². The molecule has 3 N–H and O–H groups in total. The summed E-state index contributed by atoms with van der Waals surface area (Å²) in [5.74, 6) is -1.40. The van der Waals surface area contributed by atoms with E-state index < -0.39 is 23.8 Å². The number of nitriles is 1. The van der Waals surface area contributed by atoms with Crippen LogP contribution in [-0.2, 0) is 11.2 Å². The van der Waals surface area contributed by atoms with Gasteiger partial charge >= 0.3 is 0 Å². The van der Waals surface area contributed by atoms with Crippen molar-refractivity contribution in [2.24, 2.45) is 0 Å². The highest BCUT2D eigenvalue weighted by atomic mass is 19.1. The molecule has 0 unspecified atom stereocenters. The Balaban J connectivity index is 1.76. The van der Waals surface area contributed by atoms with E-state index in [-0.39, 0.29) is 24.9 Å². The molecule has 0 aliphatic carbocycles. The molecule has 3 atom stereocenters. The Labute approximate surface area is 199 Å². The van der Waals surface area contributed by atoms with E-state index in [4.69, 9.17) is 0 Å². The maximum absolute atomic E-state index is 13.6. The van der Waals surface area contributed by atoms with Crippen LogP contribution in [0.4, 0.5) is 14.5 Å². The van der Waals surface area contributed by atoms with Gasteiger partial charge in [0.15, 0.2) is 0 Å². The lowest BCUT2D eigenvalue weighted by molar-refractivity contribution is -0.120. The van der Waals surface area contributed by atoms with Crippen LogP contribution in [0.3, 0.4) is 0 Å². The van der Waals surface area contributed by atoms with Gasteiger partial charge in [-0.15, -0.1) is 0 Å². The molecule has 0 radical (unpaired) electrons. The molecule has 8 heteroatoms. The van der Waals surface area contributed by atoms with Gasteiger partial charge in [0.2, 0.25) is 5.91 Å². The third-order valence-electron chi connectivity index (χ3n) is 6.19. The Hall–Kier alpha value is -3.02. The molecular weight excluding hydrogens is 438 g/mol. The van der Waals surface area contributed by atoms with Crippen molar-refractivity contribution in [1.29, 1.82) is 5.26 Å². The van der Waals surface area contributed by atoms with E-state index in [1.807, 2.05) is 11.0 Å². The van der Waals surface area contributed by atoms with Crippen LogP contribution in [0.5, 0.6) is 0 Å². The summed E-state index contributed by atoms with van der Waals surface area (Å²) in [7, 11) is 0. The lowest BCUT2D eigenvalue weighted by Crippen LogP contribution is -2.49. The first-order chi connectivity index (χ1) is 16.2. The number of hydrogen-bond donors (Lipinski definition) is 3. The fourth-order valence-electron chi connectivity index (χ4n) is 4.45. The van der Waals surface area contributed by atoms with Crippen molar-refractivity contribution in [1.82, 2.24) is 10.6 Å². The summed E-state index contributed by atoms with van der Waals surface area (Å²) in [6.45, 7) is 6.77. The Morgan fingerprint density at radius 1 is 1.24 bits per heavy atom. The highest BCUT2D eigenvalue weighted by Crippen LogP contribution is 2.35. The van der Waals surface area contributed by atoms with Crippen molar-refractivity contribution in [2.75, 3.05) is 24.5 Å². The van der Waals surface area contributed by atoms with E-state index >= 15 is 0 Å². The van der Waals surface area contributed by atoms with Gasteiger partial charge < -0.3 is 20.6 Å². The van der Waals surface area contributed by atoms with E-state index in [9.17, 15) is 23.9 Å². The molecular formula is C26H32F2N4O2.